The zero-order valence-electron chi connectivity index (χ0n) is 17.1. The molecule has 2 aromatic rings. The molecule has 2 rings (SSSR count). The fourth-order valence-corrected chi connectivity index (χ4v) is 4.21. The Morgan fingerprint density at radius 1 is 1.13 bits per heavy atom. The molecular formula is C21H23N3O5S2. The number of esters is 1. The van der Waals surface area contributed by atoms with Gasteiger partial charge in [-0.2, -0.15) is 21.7 Å². The summed E-state index contributed by atoms with van der Waals surface area (Å²) in [5, 5.41) is 11.4. The number of nitrogens with one attached hydrogen (secondary N) is 2. The van der Waals surface area contributed by atoms with E-state index in [9.17, 15) is 18.0 Å². The first-order valence-electron chi connectivity index (χ1n) is 9.34. The molecule has 0 bridgehead atoms. The van der Waals surface area contributed by atoms with Gasteiger partial charge in [0.05, 0.1) is 16.5 Å². The Balaban J connectivity index is 2.04. The third kappa shape index (κ3) is 7.40. The molecule has 0 aromatic heterocycles. The van der Waals surface area contributed by atoms with Crippen LogP contribution in [0.3, 0.4) is 0 Å². The molecule has 0 radical (unpaired) electrons. The number of hydrogen-bond acceptors (Lipinski definition) is 7. The Labute approximate surface area is 186 Å². The fraction of sp³-hybridized carbons (Fsp3) is 0.286. The second-order valence-corrected chi connectivity index (χ2v) is 9.23. The Kier molecular flexibility index (Phi) is 9.05. The maximum Gasteiger partial charge on any atom is 0.324 e. The van der Waals surface area contributed by atoms with Crippen molar-refractivity contribution in [3.8, 4) is 6.07 Å². The minimum Gasteiger partial charge on any atom is -0.451 e. The number of anilines is 1. The maximum absolute atomic E-state index is 12.6. The quantitative estimate of drug-likeness (QED) is 0.521. The monoisotopic (exact) mass is 461 g/mol. The van der Waals surface area contributed by atoms with Crippen LogP contribution in [0.2, 0.25) is 0 Å². The lowest BCUT2D eigenvalue weighted by Gasteiger charge is -2.20. The number of nitriles is 1. The standard InChI is InChI=1S/C21H23N3O5S2/c1-15(20(25)23-17-10-8-16(14-22)9-11-17)29-21(26)19(12-13-30-2)24-31(27,28)18-6-4-3-5-7-18/h3-11,15,19,24H,12-13H2,1-2H3,(H,23,25)/t15-,19+/m0/s1. The highest BCUT2D eigenvalue weighted by Crippen LogP contribution is 2.13. The molecule has 10 heteroatoms. The van der Waals surface area contributed by atoms with Gasteiger partial charge in [0.25, 0.3) is 5.91 Å². The van der Waals surface area contributed by atoms with Crippen LogP contribution in [0.15, 0.2) is 59.5 Å². The van der Waals surface area contributed by atoms with E-state index in [1.165, 1.54) is 30.8 Å². The Bertz CT molecular complexity index is 1030. The second kappa shape index (κ2) is 11.5. The van der Waals surface area contributed by atoms with Crippen LogP contribution < -0.4 is 10.0 Å². The number of benzene rings is 2. The van der Waals surface area contributed by atoms with E-state index in [1.54, 1.807) is 42.5 Å². The van der Waals surface area contributed by atoms with Crippen LogP contribution in [-0.2, 0) is 24.3 Å². The van der Waals surface area contributed by atoms with E-state index >= 15 is 0 Å². The molecule has 0 aliphatic carbocycles. The normalized spacial score (nSPS) is 12.9. The van der Waals surface area contributed by atoms with Gasteiger partial charge in [0.1, 0.15) is 6.04 Å². The van der Waals surface area contributed by atoms with Crippen molar-refractivity contribution in [2.45, 2.75) is 30.4 Å². The average molecular weight is 462 g/mol. The maximum atomic E-state index is 12.6. The van der Waals surface area contributed by atoms with Gasteiger partial charge < -0.3 is 10.1 Å². The highest BCUT2D eigenvalue weighted by atomic mass is 32.2. The number of nitrogens with zero attached hydrogens (tertiary/aromatic N) is 1. The van der Waals surface area contributed by atoms with Crippen molar-refractivity contribution < 1.29 is 22.7 Å². The molecule has 0 saturated carbocycles. The molecule has 0 spiro atoms. The lowest BCUT2D eigenvalue weighted by Crippen LogP contribution is -2.44. The minimum atomic E-state index is -3.93. The van der Waals surface area contributed by atoms with Crippen LogP contribution in [0, 0.1) is 11.3 Å². The van der Waals surface area contributed by atoms with Crippen LogP contribution in [0.4, 0.5) is 5.69 Å². The van der Waals surface area contributed by atoms with E-state index in [-0.39, 0.29) is 11.3 Å². The molecule has 0 unspecified atom stereocenters. The summed E-state index contributed by atoms with van der Waals surface area (Å²) in [7, 11) is -3.93. The third-order valence-corrected chi connectivity index (χ3v) is 6.32. The smallest absolute Gasteiger partial charge is 0.324 e. The van der Waals surface area contributed by atoms with Gasteiger partial charge >= 0.3 is 5.97 Å². The van der Waals surface area contributed by atoms with Crippen molar-refractivity contribution in [2.75, 3.05) is 17.3 Å². The molecular weight excluding hydrogens is 438 g/mol. The Hall–Kier alpha value is -2.87. The number of hydrogen-bond donors (Lipinski definition) is 2. The van der Waals surface area contributed by atoms with E-state index in [1.807, 2.05) is 12.3 Å². The van der Waals surface area contributed by atoms with Crippen molar-refractivity contribution in [3.05, 3.63) is 60.2 Å². The molecule has 164 valence electrons. The Morgan fingerprint density at radius 2 is 1.77 bits per heavy atom. The molecule has 0 fully saturated rings. The Morgan fingerprint density at radius 3 is 2.35 bits per heavy atom. The van der Waals surface area contributed by atoms with Crippen LogP contribution in [-0.4, -0.2) is 44.4 Å². The zero-order valence-corrected chi connectivity index (χ0v) is 18.7. The number of carbonyl (C=O) groups excluding carboxylic acids is 2. The lowest BCUT2D eigenvalue weighted by atomic mass is 10.2. The summed E-state index contributed by atoms with van der Waals surface area (Å²) in [6, 6.07) is 14.7. The highest BCUT2D eigenvalue weighted by Gasteiger charge is 2.29. The van der Waals surface area contributed by atoms with Crippen molar-refractivity contribution in [2.24, 2.45) is 0 Å². The number of rotatable bonds is 10. The summed E-state index contributed by atoms with van der Waals surface area (Å²) < 4.78 is 32.8. The number of sulfonamides is 1. The molecule has 0 aliphatic heterocycles. The third-order valence-electron chi connectivity index (χ3n) is 4.19. The van der Waals surface area contributed by atoms with Gasteiger partial charge in [-0.25, -0.2) is 8.42 Å². The lowest BCUT2D eigenvalue weighted by molar-refractivity contribution is -0.154. The van der Waals surface area contributed by atoms with Gasteiger partial charge in [-0.15, -0.1) is 0 Å². The summed E-state index contributed by atoms with van der Waals surface area (Å²) >= 11 is 1.45. The summed E-state index contributed by atoms with van der Waals surface area (Å²) in [6.45, 7) is 1.40. The minimum absolute atomic E-state index is 0.0311. The molecule has 2 N–H and O–H groups in total. The summed E-state index contributed by atoms with van der Waals surface area (Å²) in [5.74, 6) is -0.897. The van der Waals surface area contributed by atoms with Crippen molar-refractivity contribution in [1.82, 2.24) is 4.72 Å². The molecule has 0 heterocycles. The van der Waals surface area contributed by atoms with Gasteiger partial charge in [0, 0.05) is 5.69 Å². The number of thioether (sulfide) groups is 1. The van der Waals surface area contributed by atoms with E-state index < -0.39 is 34.0 Å². The van der Waals surface area contributed by atoms with Crippen LogP contribution in [0.5, 0.6) is 0 Å². The predicted molar refractivity (Wildman–Crippen MR) is 119 cm³/mol. The zero-order chi connectivity index (χ0) is 22.9. The first-order chi connectivity index (χ1) is 14.8. The van der Waals surface area contributed by atoms with Gasteiger partial charge in [0.2, 0.25) is 10.0 Å². The summed E-state index contributed by atoms with van der Waals surface area (Å²) in [5.41, 5.74) is 0.885. The molecule has 1 amide bonds. The van der Waals surface area contributed by atoms with Gasteiger partial charge in [0.15, 0.2) is 6.10 Å². The first-order valence-corrected chi connectivity index (χ1v) is 12.2. The van der Waals surface area contributed by atoms with Crippen LogP contribution in [0.1, 0.15) is 18.9 Å². The predicted octanol–water partition coefficient (Wildman–Crippen LogP) is 2.53. The molecule has 0 aliphatic rings. The van der Waals surface area contributed by atoms with Crippen LogP contribution >= 0.6 is 11.8 Å². The van der Waals surface area contributed by atoms with Crippen LogP contribution in [0.25, 0.3) is 0 Å². The SMILES string of the molecule is CSCC[C@@H](NS(=O)(=O)c1ccccc1)C(=O)O[C@@H](C)C(=O)Nc1ccc(C#N)cc1. The summed E-state index contributed by atoms with van der Waals surface area (Å²) in [6.07, 6.45) is 0.888. The van der Waals surface area contributed by atoms with Crippen molar-refractivity contribution in [1.29, 1.82) is 5.26 Å². The number of ether oxygens (including phenoxy) is 1. The highest BCUT2D eigenvalue weighted by molar-refractivity contribution is 7.98. The van der Waals surface area contributed by atoms with Crippen molar-refractivity contribution >= 4 is 39.3 Å². The number of carbonyl (C=O) groups is 2. The molecule has 8 nitrogen and oxygen atoms in total. The first kappa shape index (κ1) is 24.4. The molecule has 31 heavy (non-hydrogen) atoms. The van der Waals surface area contributed by atoms with E-state index in [2.05, 4.69) is 10.0 Å². The fourth-order valence-electron chi connectivity index (χ4n) is 2.50. The molecule has 2 atom stereocenters. The second-order valence-electron chi connectivity index (χ2n) is 6.53. The van der Waals surface area contributed by atoms with E-state index in [0.29, 0.717) is 17.0 Å². The van der Waals surface area contributed by atoms with Gasteiger partial charge in [-0.05, 0) is 61.8 Å². The van der Waals surface area contributed by atoms with Crippen molar-refractivity contribution in [3.63, 3.8) is 0 Å². The van der Waals surface area contributed by atoms with E-state index in [0.717, 1.165) is 0 Å². The number of amides is 1. The molecule has 0 saturated heterocycles. The average Bonchev–Trinajstić information content (AvgIpc) is 2.77. The largest absolute Gasteiger partial charge is 0.451 e. The van der Waals surface area contributed by atoms with Gasteiger partial charge in [-0.1, -0.05) is 18.2 Å². The topological polar surface area (TPSA) is 125 Å². The molecule has 2 aromatic carbocycles. The summed E-state index contributed by atoms with van der Waals surface area (Å²) in [4.78, 5) is 25.0. The van der Waals surface area contributed by atoms with Gasteiger partial charge in [-0.3, -0.25) is 9.59 Å². The van der Waals surface area contributed by atoms with E-state index in [4.69, 9.17) is 10.00 Å².